The van der Waals surface area contributed by atoms with Crippen molar-refractivity contribution in [2.45, 2.75) is 39.8 Å². The third-order valence-electron chi connectivity index (χ3n) is 2.66. The van der Waals surface area contributed by atoms with E-state index in [1.165, 1.54) is 0 Å². The van der Waals surface area contributed by atoms with Crippen LogP contribution >= 0.6 is 0 Å². The quantitative estimate of drug-likeness (QED) is 0.690. The summed E-state index contributed by atoms with van der Waals surface area (Å²) < 4.78 is 0. The fourth-order valence-electron chi connectivity index (χ4n) is 1.57. The Labute approximate surface area is 80.5 Å². The molecule has 0 aromatic carbocycles. The monoisotopic (exact) mass is 184 g/mol. The second kappa shape index (κ2) is 4.09. The van der Waals surface area contributed by atoms with Crippen molar-refractivity contribution in [3.8, 4) is 0 Å². The molecule has 1 saturated heterocycles. The van der Waals surface area contributed by atoms with Crippen LogP contribution in [0, 0.1) is 5.92 Å². The molecule has 1 fully saturated rings. The lowest BCUT2D eigenvalue weighted by atomic mass is 10.0. The van der Waals surface area contributed by atoms with Crippen LogP contribution in [0.25, 0.3) is 0 Å². The van der Waals surface area contributed by atoms with Crippen LogP contribution in [0.2, 0.25) is 0 Å². The van der Waals surface area contributed by atoms with Crippen molar-refractivity contribution < 1.29 is 4.79 Å². The zero-order valence-electron chi connectivity index (χ0n) is 9.00. The summed E-state index contributed by atoms with van der Waals surface area (Å²) in [5.74, 6) is 0.684. The van der Waals surface area contributed by atoms with Crippen LogP contribution in [0.15, 0.2) is 0 Å². The van der Waals surface area contributed by atoms with Gasteiger partial charge in [0.2, 0.25) is 5.91 Å². The normalized spacial score (nSPS) is 25.4. The molecule has 3 heteroatoms. The minimum atomic E-state index is 0.165. The second-order valence-corrected chi connectivity index (χ2v) is 4.44. The van der Waals surface area contributed by atoms with E-state index in [0.29, 0.717) is 24.5 Å². The number of nitrogens with one attached hydrogen (secondary N) is 1. The fraction of sp³-hybridized carbons (Fsp3) is 0.900. The highest BCUT2D eigenvalue weighted by Crippen LogP contribution is 2.10. The molecule has 1 atom stereocenters. The van der Waals surface area contributed by atoms with E-state index in [4.69, 9.17) is 0 Å². The zero-order chi connectivity index (χ0) is 10.0. The SMILES string of the molecule is CC(C)C1CN(C(C)C)CC(=O)N1. The van der Waals surface area contributed by atoms with Crippen molar-refractivity contribution in [2.75, 3.05) is 13.1 Å². The highest BCUT2D eigenvalue weighted by Gasteiger charge is 2.27. The van der Waals surface area contributed by atoms with Gasteiger partial charge in [-0.15, -0.1) is 0 Å². The molecule has 13 heavy (non-hydrogen) atoms. The van der Waals surface area contributed by atoms with Gasteiger partial charge in [-0.2, -0.15) is 0 Å². The standard InChI is InChI=1S/C10H20N2O/c1-7(2)9-5-12(8(3)4)6-10(13)11-9/h7-9H,5-6H2,1-4H3,(H,11,13). The first-order valence-electron chi connectivity index (χ1n) is 5.04. The van der Waals surface area contributed by atoms with Gasteiger partial charge in [0.05, 0.1) is 6.54 Å². The Kier molecular flexibility index (Phi) is 3.31. The van der Waals surface area contributed by atoms with E-state index in [-0.39, 0.29) is 5.91 Å². The summed E-state index contributed by atoms with van der Waals surface area (Å²) in [4.78, 5) is 13.6. The van der Waals surface area contributed by atoms with Crippen molar-refractivity contribution in [1.82, 2.24) is 10.2 Å². The van der Waals surface area contributed by atoms with E-state index in [1.54, 1.807) is 0 Å². The minimum absolute atomic E-state index is 0.165. The number of carbonyl (C=O) groups excluding carboxylic acids is 1. The lowest BCUT2D eigenvalue weighted by Gasteiger charge is -2.37. The van der Waals surface area contributed by atoms with Crippen molar-refractivity contribution in [3.63, 3.8) is 0 Å². The van der Waals surface area contributed by atoms with E-state index < -0.39 is 0 Å². The lowest BCUT2D eigenvalue weighted by molar-refractivity contribution is -0.126. The first-order valence-corrected chi connectivity index (χ1v) is 5.04. The first-order chi connectivity index (χ1) is 6.00. The summed E-state index contributed by atoms with van der Waals surface area (Å²) >= 11 is 0. The van der Waals surface area contributed by atoms with Crippen LogP contribution in [-0.2, 0) is 4.79 Å². The summed E-state index contributed by atoms with van der Waals surface area (Å²) in [5.41, 5.74) is 0. The van der Waals surface area contributed by atoms with Crippen LogP contribution in [0.5, 0.6) is 0 Å². The number of hydrogen-bond acceptors (Lipinski definition) is 2. The van der Waals surface area contributed by atoms with Gasteiger partial charge >= 0.3 is 0 Å². The molecule has 1 N–H and O–H groups in total. The van der Waals surface area contributed by atoms with Crippen LogP contribution in [0.4, 0.5) is 0 Å². The van der Waals surface area contributed by atoms with Gasteiger partial charge in [-0.25, -0.2) is 0 Å². The average molecular weight is 184 g/mol. The molecule has 0 radical (unpaired) electrons. The molecule has 76 valence electrons. The second-order valence-electron chi connectivity index (χ2n) is 4.44. The maximum atomic E-state index is 11.3. The third-order valence-corrected chi connectivity index (χ3v) is 2.66. The largest absolute Gasteiger partial charge is 0.351 e. The van der Waals surface area contributed by atoms with Crippen LogP contribution < -0.4 is 5.32 Å². The maximum absolute atomic E-state index is 11.3. The van der Waals surface area contributed by atoms with Gasteiger partial charge in [-0.1, -0.05) is 13.8 Å². The summed E-state index contributed by atoms with van der Waals surface area (Å²) in [7, 11) is 0. The Morgan fingerprint density at radius 1 is 1.38 bits per heavy atom. The number of hydrogen-bond donors (Lipinski definition) is 1. The molecule has 0 bridgehead atoms. The summed E-state index contributed by atoms with van der Waals surface area (Å²) in [5, 5.41) is 3.02. The van der Waals surface area contributed by atoms with Gasteiger partial charge in [-0.3, -0.25) is 9.69 Å². The van der Waals surface area contributed by atoms with E-state index in [1.807, 2.05) is 0 Å². The molecular weight excluding hydrogens is 164 g/mol. The van der Waals surface area contributed by atoms with Crippen molar-refractivity contribution in [3.05, 3.63) is 0 Å². The first kappa shape index (κ1) is 10.5. The Balaban J connectivity index is 2.57. The molecule has 1 amide bonds. The van der Waals surface area contributed by atoms with E-state index in [0.717, 1.165) is 6.54 Å². The molecular formula is C10H20N2O. The fourth-order valence-corrected chi connectivity index (χ4v) is 1.57. The van der Waals surface area contributed by atoms with Crippen LogP contribution in [0.1, 0.15) is 27.7 Å². The van der Waals surface area contributed by atoms with Crippen molar-refractivity contribution in [2.24, 2.45) is 5.92 Å². The number of piperazine rings is 1. The summed E-state index contributed by atoms with van der Waals surface area (Å²) in [6, 6.07) is 0.788. The Bertz CT molecular complexity index is 171. The van der Waals surface area contributed by atoms with E-state index in [9.17, 15) is 4.79 Å². The minimum Gasteiger partial charge on any atom is -0.351 e. The molecule has 1 unspecified atom stereocenters. The predicted molar refractivity (Wildman–Crippen MR) is 53.5 cm³/mol. The molecule has 0 saturated carbocycles. The van der Waals surface area contributed by atoms with Crippen molar-refractivity contribution in [1.29, 1.82) is 0 Å². The summed E-state index contributed by atoms with van der Waals surface area (Å²) in [6.45, 7) is 10.1. The molecule has 1 aliphatic rings. The molecule has 1 aliphatic heterocycles. The van der Waals surface area contributed by atoms with Gasteiger partial charge in [0.1, 0.15) is 0 Å². The van der Waals surface area contributed by atoms with Gasteiger partial charge in [0.15, 0.2) is 0 Å². The van der Waals surface area contributed by atoms with E-state index in [2.05, 4.69) is 37.9 Å². The highest BCUT2D eigenvalue weighted by molar-refractivity contribution is 5.79. The van der Waals surface area contributed by atoms with Crippen LogP contribution in [-0.4, -0.2) is 36.0 Å². The molecule has 0 aliphatic carbocycles. The molecule has 1 rings (SSSR count). The van der Waals surface area contributed by atoms with Crippen LogP contribution in [0.3, 0.4) is 0 Å². The number of rotatable bonds is 2. The van der Waals surface area contributed by atoms with Crippen molar-refractivity contribution >= 4 is 5.91 Å². The van der Waals surface area contributed by atoms with E-state index >= 15 is 0 Å². The number of nitrogens with zero attached hydrogens (tertiary/aromatic N) is 1. The van der Waals surface area contributed by atoms with Gasteiger partial charge in [0.25, 0.3) is 0 Å². The molecule has 0 aromatic rings. The molecule has 1 heterocycles. The zero-order valence-corrected chi connectivity index (χ0v) is 9.00. The van der Waals surface area contributed by atoms with Gasteiger partial charge < -0.3 is 5.32 Å². The smallest absolute Gasteiger partial charge is 0.234 e. The highest BCUT2D eigenvalue weighted by atomic mass is 16.2. The molecule has 3 nitrogen and oxygen atoms in total. The Morgan fingerprint density at radius 2 is 2.00 bits per heavy atom. The summed E-state index contributed by atoms with van der Waals surface area (Å²) in [6.07, 6.45) is 0. The topological polar surface area (TPSA) is 32.3 Å². The number of carbonyl (C=O) groups is 1. The molecule has 0 aromatic heterocycles. The van der Waals surface area contributed by atoms with Gasteiger partial charge in [-0.05, 0) is 19.8 Å². The predicted octanol–water partition coefficient (Wildman–Crippen LogP) is 0.851. The molecule has 0 spiro atoms. The maximum Gasteiger partial charge on any atom is 0.234 e. The Hall–Kier alpha value is -0.570. The average Bonchev–Trinajstić information content (AvgIpc) is 2.03. The van der Waals surface area contributed by atoms with Gasteiger partial charge in [0, 0.05) is 18.6 Å². The lowest BCUT2D eigenvalue weighted by Crippen LogP contribution is -2.57. The number of amides is 1. The third kappa shape index (κ3) is 2.69. The Morgan fingerprint density at radius 3 is 2.46 bits per heavy atom.